The molecule has 0 atom stereocenters. The lowest BCUT2D eigenvalue weighted by Gasteiger charge is -2.21. The van der Waals surface area contributed by atoms with E-state index >= 15 is 0 Å². The van der Waals surface area contributed by atoms with E-state index in [1.807, 2.05) is 18.7 Å². The van der Waals surface area contributed by atoms with Crippen molar-refractivity contribution in [1.82, 2.24) is 4.90 Å². The second-order valence-corrected chi connectivity index (χ2v) is 3.92. The Balaban J connectivity index is 2.80. The van der Waals surface area contributed by atoms with Crippen LogP contribution in [0.5, 0.6) is 0 Å². The summed E-state index contributed by atoms with van der Waals surface area (Å²) in [6.45, 7) is 5.48. The van der Waals surface area contributed by atoms with Crippen molar-refractivity contribution in [3.8, 4) is 0 Å². The SMILES string of the molecule is CCN(CC)C(=N)Cc1cccc(Cl)c1F. The Bertz CT molecular complexity index is 375. The molecule has 0 amide bonds. The van der Waals surface area contributed by atoms with Crippen molar-refractivity contribution in [1.29, 1.82) is 5.41 Å². The van der Waals surface area contributed by atoms with Crippen LogP contribution in [0.4, 0.5) is 4.39 Å². The first-order valence-corrected chi connectivity index (χ1v) is 5.73. The van der Waals surface area contributed by atoms with Gasteiger partial charge in [-0.2, -0.15) is 0 Å². The lowest BCUT2D eigenvalue weighted by atomic mass is 10.1. The van der Waals surface area contributed by atoms with Crippen LogP contribution in [-0.2, 0) is 6.42 Å². The summed E-state index contributed by atoms with van der Waals surface area (Å²) in [6, 6.07) is 4.89. The van der Waals surface area contributed by atoms with Crippen LogP contribution >= 0.6 is 11.6 Å². The van der Waals surface area contributed by atoms with Gasteiger partial charge in [-0.1, -0.05) is 23.7 Å². The molecule has 0 aromatic heterocycles. The lowest BCUT2D eigenvalue weighted by molar-refractivity contribution is 0.454. The summed E-state index contributed by atoms with van der Waals surface area (Å²) in [5, 5.41) is 7.98. The molecule has 4 heteroatoms. The third-order valence-corrected chi connectivity index (χ3v) is 2.83. The van der Waals surface area contributed by atoms with E-state index in [9.17, 15) is 4.39 Å². The van der Waals surface area contributed by atoms with Gasteiger partial charge >= 0.3 is 0 Å². The summed E-state index contributed by atoms with van der Waals surface area (Å²) in [5.74, 6) is 0.00670. The van der Waals surface area contributed by atoms with E-state index < -0.39 is 5.82 Å². The Labute approximate surface area is 101 Å². The van der Waals surface area contributed by atoms with Gasteiger partial charge in [0.05, 0.1) is 5.02 Å². The second kappa shape index (κ2) is 5.85. The quantitative estimate of drug-likeness (QED) is 0.636. The molecule has 0 aliphatic rings. The molecule has 0 fully saturated rings. The van der Waals surface area contributed by atoms with E-state index in [-0.39, 0.29) is 11.4 Å². The molecular weight excluding hydrogens is 227 g/mol. The van der Waals surface area contributed by atoms with Crippen molar-refractivity contribution < 1.29 is 4.39 Å². The van der Waals surface area contributed by atoms with Crippen molar-refractivity contribution in [2.24, 2.45) is 0 Å². The monoisotopic (exact) mass is 242 g/mol. The van der Waals surface area contributed by atoms with Gasteiger partial charge in [0, 0.05) is 19.5 Å². The molecule has 1 rings (SSSR count). The molecular formula is C12H16ClFN2. The second-order valence-electron chi connectivity index (χ2n) is 3.51. The van der Waals surface area contributed by atoms with Crippen molar-refractivity contribution in [3.05, 3.63) is 34.6 Å². The first-order valence-electron chi connectivity index (χ1n) is 5.35. The van der Waals surface area contributed by atoms with E-state index in [0.717, 1.165) is 13.1 Å². The number of nitrogens with one attached hydrogen (secondary N) is 1. The van der Waals surface area contributed by atoms with E-state index in [1.165, 1.54) is 6.07 Å². The topological polar surface area (TPSA) is 27.1 Å². The third kappa shape index (κ3) is 2.95. The van der Waals surface area contributed by atoms with Crippen molar-refractivity contribution in [2.75, 3.05) is 13.1 Å². The Morgan fingerprint density at radius 2 is 2.00 bits per heavy atom. The van der Waals surface area contributed by atoms with Crippen molar-refractivity contribution >= 4 is 17.4 Å². The van der Waals surface area contributed by atoms with Crippen LogP contribution in [-0.4, -0.2) is 23.8 Å². The zero-order valence-corrected chi connectivity index (χ0v) is 10.3. The third-order valence-electron chi connectivity index (χ3n) is 2.53. The number of rotatable bonds is 4. The maximum Gasteiger partial charge on any atom is 0.145 e. The van der Waals surface area contributed by atoms with E-state index in [0.29, 0.717) is 11.4 Å². The molecule has 0 bridgehead atoms. The summed E-state index contributed by atoms with van der Waals surface area (Å²) < 4.78 is 13.6. The highest BCUT2D eigenvalue weighted by Crippen LogP contribution is 2.18. The fourth-order valence-electron chi connectivity index (χ4n) is 1.58. The molecule has 0 saturated heterocycles. The van der Waals surface area contributed by atoms with Gasteiger partial charge in [-0.05, 0) is 25.5 Å². The Kier molecular flexibility index (Phi) is 4.74. The fourth-order valence-corrected chi connectivity index (χ4v) is 1.78. The van der Waals surface area contributed by atoms with Gasteiger partial charge in [0.1, 0.15) is 11.7 Å². The molecule has 0 saturated carbocycles. The first kappa shape index (κ1) is 13.0. The van der Waals surface area contributed by atoms with Gasteiger partial charge in [0.25, 0.3) is 0 Å². The normalized spacial score (nSPS) is 10.2. The zero-order valence-electron chi connectivity index (χ0n) is 9.56. The van der Waals surface area contributed by atoms with Gasteiger partial charge in [-0.25, -0.2) is 4.39 Å². The zero-order chi connectivity index (χ0) is 12.1. The molecule has 0 spiro atoms. The molecule has 1 aromatic rings. The average molecular weight is 243 g/mol. The predicted octanol–water partition coefficient (Wildman–Crippen LogP) is 3.34. The van der Waals surface area contributed by atoms with Gasteiger partial charge in [-0.3, -0.25) is 5.41 Å². The molecule has 0 heterocycles. The largest absolute Gasteiger partial charge is 0.361 e. The van der Waals surface area contributed by atoms with Crippen LogP contribution in [0.25, 0.3) is 0 Å². The van der Waals surface area contributed by atoms with E-state index in [2.05, 4.69) is 0 Å². The molecule has 16 heavy (non-hydrogen) atoms. The minimum atomic E-state index is -0.416. The summed E-state index contributed by atoms with van der Waals surface area (Å²) in [4.78, 5) is 1.89. The van der Waals surface area contributed by atoms with Gasteiger partial charge in [0.2, 0.25) is 0 Å². The van der Waals surface area contributed by atoms with Gasteiger partial charge in [0.15, 0.2) is 0 Å². The van der Waals surface area contributed by atoms with Gasteiger partial charge in [-0.15, -0.1) is 0 Å². The van der Waals surface area contributed by atoms with Crippen LogP contribution in [0.15, 0.2) is 18.2 Å². The van der Waals surface area contributed by atoms with Crippen LogP contribution in [0.2, 0.25) is 5.02 Å². The van der Waals surface area contributed by atoms with Gasteiger partial charge < -0.3 is 4.90 Å². The van der Waals surface area contributed by atoms with Crippen LogP contribution in [0.3, 0.4) is 0 Å². The highest BCUT2D eigenvalue weighted by atomic mass is 35.5. The molecule has 0 aliphatic carbocycles. The molecule has 0 unspecified atom stereocenters. The maximum atomic E-state index is 13.6. The minimum absolute atomic E-state index is 0.116. The maximum absolute atomic E-state index is 13.6. The minimum Gasteiger partial charge on any atom is -0.361 e. The predicted molar refractivity (Wildman–Crippen MR) is 65.8 cm³/mol. The Hall–Kier alpha value is -1.09. The highest BCUT2D eigenvalue weighted by Gasteiger charge is 2.11. The van der Waals surface area contributed by atoms with Crippen LogP contribution in [0, 0.1) is 11.2 Å². The number of hydrogen-bond donors (Lipinski definition) is 1. The fraction of sp³-hybridized carbons (Fsp3) is 0.417. The Morgan fingerprint density at radius 3 is 2.56 bits per heavy atom. The summed E-state index contributed by atoms with van der Waals surface area (Å²) in [7, 11) is 0. The summed E-state index contributed by atoms with van der Waals surface area (Å²) in [6.07, 6.45) is 0.286. The molecule has 88 valence electrons. The van der Waals surface area contributed by atoms with Crippen molar-refractivity contribution in [2.45, 2.75) is 20.3 Å². The number of likely N-dealkylation sites (N-methyl/N-ethyl adjacent to an activating group) is 1. The molecule has 2 nitrogen and oxygen atoms in total. The smallest absolute Gasteiger partial charge is 0.145 e. The van der Waals surface area contributed by atoms with Crippen LogP contribution < -0.4 is 0 Å². The van der Waals surface area contributed by atoms with E-state index in [4.69, 9.17) is 17.0 Å². The number of benzene rings is 1. The number of halogens is 2. The lowest BCUT2D eigenvalue weighted by Crippen LogP contribution is -2.31. The molecule has 0 radical (unpaired) electrons. The highest BCUT2D eigenvalue weighted by molar-refractivity contribution is 6.30. The number of hydrogen-bond acceptors (Lipinski definition) is 1. The summed E-state index contributed by atoms with van der Waals surface area (Å²) in [5.41, 5.74) is 0.476. The first-order chi connectivity index (χ1) is 7.60. The number of amidine groups is 1. The standard InChI is InChI=1S/C12H16ClFN2/c1-3-16(4-2)11(15)8-9-6-5-7-10(13)12(9)14/h5-7,15H,3-4,8H2,1-2H3. The Morgan fingerprint density at radius 1 is 1.38 bits per heavy atom. The number of nitrogens with zero attached hydrogens (tertiary/aromatic N) is 1. The molecule has 0 aliphatic heterocycles. The summed E-state index contributed by atoms with van der Waals surface area (Å²) >= 11 is 5.69. The average Bonchev–Trinajstić information content (AvgIpc) is 2.26. The van der Waals surface area contributed by atoms with E-state index in [1.54, 1.807) is 12.1 Å². The molecule has 1 aromatic carbocycles. The van der Waals surface area contributed by atoms with Crippen molar-refractivity contribution in [3.63, 3.8) is 0 Å². The molecule has 1 N–H and O–H groups in total. The van der Waals surface area contributed by atoms with Crippen LogP contribution in [0.1, 0.15) is 19.4 Å².